The van der Waals surface area contributed by atoms with E-state index in [1.807, 2.05) is 27.7 Å². The second-order valence-electron chi connectivity index (χ2n) is 6.05. The molecule has 1 heterocycles. The molecule has 0 spiro atoms. The smallest absolute Gasteiger partial charge is 0.323 e. The highest BCUT2D eigenvalue weighted by molar-refractivity contribution is 5.90. The van der Waals surface area contributed by atoms with E-state index in [-0.39, 0.29) is 36.7 Å². The molecule has 2 amide bonds. The highest BCUT2D eigenvalue weighted by atomic mass is 16.4. The van der Waals surface area contributed by atoms with Gasteiger partial charge in [0.05, 0.1) is 5.92 Å². The summed E-state index contributed by atoms with van der Waals surface area (Å²) in [6, 6.07) is 0.0679. The van der Waals surface area contributed by atoms with Crippen LogP contribution in [0.15, 0.2) is 0 Å². The standard InChI is InChI=1S/C14H24N2O4/c1-9(2)6-15(8-13(18)19)14(20)11-5-12(17)16(7-11)10(3)4/h9-11H,5-8H2,1-4H3,(H,18,19). The Balaban J connectivity index is 2.75. The Morgan fingerprint density at radius 1 is 1.35 bits per heavy atom. The molecule has 0 aromatic carbocycles. The summed E-state index contributed by atoms with van der Waals surface area (Å²) >= 11 is 0. The predicted molar refractivity (Wildman–Crippen MR) is 74.0 cm³/mol. The molecule has 1 saturated heterocycles. The number of hydrogen-bond donors (Lipinski definition) is 1. The summed E-state index contributed by atoms with van der Waals surface area (Å²) in [5, 5.41) is 8.91. The molecular weight excluding hydrogens is 260 g/mol. The third-order valence-electron chi connectivity index (χ3n) is 3.35. The number of carbonyl (C=O) groups is 3. The first kappa shape index (κ1) is 16.5. The molecular formula is C14H24N2O4. The zero-order chi connectivity index (χ0) is 15.4. The SMILES string of the molecule is CC(C)CN(CC(=O)O)C(=O)C1CC(=O)N(C(C)C)C1. The van der Waals surface area contributed by atoms with Crippen molar-refractivity contribution in [2.24, 2.45) is 11.8 Å². The maximum Gasteiger partial charge on any atom is 0.323 e. The highest BCUT2D eigenvalue weighted by Crippen LogP contribution is 2.22. The van der Waals surface area contributed by atoms with E-state index < -0.39 is 11.9 Å². The van der Waals surface area contributed by atoms with E-state index in [1.165, 1.54) is 4.90 Å². The molecule has 6 nitrogen and oxygen atoms in total. The van der Waals surface area contributed by atoms with Gasteiger partial charge in [0.2, 0.25) is 11.8 Å². The summed E-state index contributed by atoms with van der Waals surface area (Å²) < 4.78 is 0. The summed E-state index contributed by atoms with van der Waals surface area (Å²) in [7, 11) is 0. The third kappa shape index (κ3) is 4.21. The Labute approximate surface area is 119 Å². The topological polar surface area (TPSA) is 77.9 Å². The maximum absolute atomic E-state index is 12.4. The van der Waals surface area contributed by atoms with Crippen LogP contribution in [0.5, 0.6) is 0 Å². The quantitative estimate of drug-likeness (QED) is 0.783. The molecule has 1 fully saturated rings. The second-order valence-corrected chi connectivity index (χ2v) is 6.05. The summed E-state index contributed by atoms with van der Waals surface area (Å²) in [6.45, 7) is 8.18. The molecule has 1 aliphatic rings. The number of nitrogens with zero attached hydrogens (tertiary/aromatic N) is 2. The van der Waals surface area contributed by atoms with Crippen LogP contribution in [-0.4, -0.2) is 58.4 Å². The van der Waals surface area contributed by atoms with Gasteiger partial charge in [-0.25, -0.2) is 0 Å². The molecule has 0 aromatic heterocycles. The van der Waals surface area contributed by atoms with Crippen LogP contribution in [0.2, 0.25) is 0 Å². The molecule has 0 saturated carbocycles. The fraction of sp³-hybridized carbons (Fsp3) is 0.786. The summed E-state index contributed by atoms with van der Waals surface area (Å²) in [5.41, 5.74) is 0. The monoisotopic (exact) mass is 284 g/mol. The normalized spacial score (nSPS) is 19.0. The molecule has 0 aromatic rings. The van der Waals surface area contributed by atoms with Crippen molar-refractivity contribution in [2.45, 2.75) is 40.2 Å². The number of carbonyl (C=O) groups excluding carboxylic acids is 2. The molecule has 1 atom stereocenters. The average molecular weight is 284 g/mol. The number of hydrogen-bond acceptors (Lipinski definition) is 3. The molecule has 6 heteroatoms. The van der Waals surface area contributed by atoms with Crippen LogP contribution >= 0.6 is 0 Å². The van der Waals surface area contributed by atoms with E-state index in [0.29, 0.717) is 13.1 Å². The fourth-order valence-electron chi connectivity index (χ4n) is 2.49. The van der Waals surface area contributed by atoms with Gasteiger partial charge in [0.25, 0.3) is 0 Å². The first-order valence-corrected chi connectivity index (χ1v) is 7.02. The largest absolute Gasteiger partial charge is 0.480 e. The predicted octanol–water partition coefficient (Wildman–Crippen LogP) is 0.812. The molecule has 0 bridgehead atoms. The maximum atomic E-state index is 12.4. The molecule has 20 heavy (non-hydrogen) atoms. The lowest BCUT2D eigenvalue weighted by molar-refractivity contribution is -0.146. The van der Waals surface area contributed by atoms with Gasteiger partial charge in [-0.1, -0.05) is 13.8 Å². The van der Waals surface area contributed by atoms with E-state index in [2.05, 4.69) is 0 Å². The molecule has 1 N–H and O–H groups in total. The van der Waals surface area contributed by atoms with Crippen molar-refractivity contribution in [3.05, 3.63) is 0 Å². The Morgan fingerprint density at radius 2 is 1.95 bits per heavy atom. The first-order valence-electron chi connectivity index (χ1n) is 7.02. The number of rotatable bonds is 6. The van der Waals surface area contributed by atoms with Gasteiger partial charge in [-0.2, -0.15) is 0 Å². The lowest BCUT2D eigenvalue weighted by Crippen LogP contribution is -2.42. The zero-order valence-corrected chi connectivity index (χ0v) is 12.6. The van der Waals surface area contributed by atoms with E-state index in [0.717, 1.165) is 0 Å². The van der Waals surface area contributed by atoms with Crippen LogP contribution in [0.4, 0.5) is 0 Å². The van der Waals surface area contributed by atoms with Crippen molar-refractivity contribution in [1.82, 2.24) is 9.80 Å². The van der Waals surface area contributed by atoms with Gasteiger partial charge in [-0.3, -0.25) is 14.4 Å². The minimum absolute atomic E-state index is 0.0295. The van der Waals surface area contributed by atoms with Crippen LogP contribution in [0.1, 0.15) is 34.1 Å². The van der Waals surface area contributed by atoms with Gasteiger partial charge in [0.1, 0.15) is 6.54 Å². The van der Waals surface area contributed by atoms with Crippen LogP contribution in [0.25, 0.3) is 0 Å². The lowest BCUT2D eigenvalue weighted by Gasteiger charge is -2.26. The summed E-state index contributed by atoms with van der Waals surface area (Å²) in [4.78, 5) is 38.2. The van der Waals surface area contributed by atoms with Crippen molar-refractivity contribution >= 4 is 17.8 Å². The van der Waals surface area contributed by atoms with Crippen molar-refractivity contribution in [2.75, 3.05) is 19.6 Å². The van der Waals surface area contributed by atoms with Crippen LogP contribution in [-0.2, 0) is 14.4 Å². The molecule has 1 unspecified atom stereocenters. The Morgan fingerprint density at radius 3 is 2.35 bits per heavy atom. The molecule has 0 radical (unpaired) electrons. The van der Waals surface area contributed by atoms with Crippen molar-refractivity contribution < 1.29 is 19.5 Å². The second kappa shape index (κ2) is 6.72. The van der Waals surface area contributed by atoms with Crippen LogP contribution in [0, 0.1) is 11.8 Å². The first-order chi connectivity index (χ1) is 9.22. The van der Waals surface area contributed by atoms with Gasteiger partial charge in [-0.15, -0.1) is 0 Å². The minimum atomic E-state index is -1.02. The number of carboxylic acid groups (broad SMARTS) is 1. The van der Waals surface area contributed by atoms with Crippen molar-refractivity contribution in [3.8, 4) is 0 Å². The molecule has 0 aliphatic carbocycles. The molecule has 114 valence electrons. The number of carboxylic acids is 1. The third-order valence-corrected chi connectivity index (χ3v) is 3.35. The summed E-state index contributed by atoms with van der Waals surface area (Å²) in [5.74, 6) is -1.50. The average Bonchev–Trinajstić information content (AvgIpc) is 2.68. The Bertz CT molecular complexity index is 393. The van der Waals surface area contributed by atoms with Crippen molar-refractivity contribution in [3.63, 3.8) is 0 Å². The van der Waals surface area contributed by atoms with E-state index in [1.54, 1.807) is 4.90 Å². The summed E-state index contributed by atoms with van der Waals surface area (Å²) in [6.07, 6.45) is 0.186. The van der Waals surface area contributed by atoms with Gasteiger partial charge in [0, 0.05) is 25.6 Å². The van der Waals surface area contributed by atoms with Crippen LogP contribution in [0.3, 0.4) is 0 Å². The van der Waals surface area contributed by atoms with Gasteiger partial charge >= 0.3 is 5.97 Å². The Kier molecular flexibility index (Phi) is 5.53. The van der Waals surface area contributed by atoms with E-state index >= 15 is 0 Å². The van der Waals surface area contributed by atoms with Gasteiger partial charge in [0.15, 0.2) is 0 Å². The van der Waals surface area contributed by atoms with Gasteiger partial charge < -0.3 is 14.9 Å². The molecule has 1 aliphatic heterocycles. The van der Waals surface area contributed by atoms with Gasteiger partial charge in [-0.05, 0) is 19.8 Å². The van der Waals surface area contributed by atoms with E-state index in [9.17, 15) is 14.4 Å². The minimum Gasteiger partial charge on any atom is -0.480 e. The number of likely N-dealkylation sites (tertiary alicyclic amines) is 1. The number of amides is 2. The lowest BCUT2D eigenvalue weighted by atomic mass is 10.1. The Hall–Kier alpha value is -1.59. The number of aliphatic carboxylic acids is 1. The van der Waals surface area contributed by atoms with Crippen LogP contribution < -0.4 is 0 Å². The molecule has 1 rings (SSSR count). The van der Waals surface area contributed by atoms with Crippen molar-refractivity contribution in [1.29, 1.82) is 0 Å². The van der Waals surface area contributed by atoms with E-state index in [4.69, 9.17) is 5.11 Å². The highest BCUT2D eigenvalue weighted by Gasteiger charge is 2.37. The fourth-order valence-corrected chi connectivity index (χ4v) is 2.49. The zero-order valence-electron chi connectivity index (χ0n) is 12.6.